The SMILES string of the molecule is COc1cc(-c2ccccc2F)nc2c(F)c(-c3nn([C@H]4C[C@](C)(O)C4)c(N)c3C(N)=O)ccc12. The number of nitrogens with zero attached hydrogens (tertiary/aromatic N) is 3. The lowest BCUT2D eigenvalue weighted by Crippen LogP contribution is -2.42. The molecule has 0 atom stereocenters. The fraction of sp³-hybridized carbons (Fsp3) is 0.240. The molecule has 1 aliphatic rings. The number of aromatic nitrogens is 3. The van der Waals surface area contributed by atoms with Crippen LogP contribution >= 0.6 is 0 Å². The molecule has 0 unspecified atom stereocenters. The molecule has 1 fully saturated rings. The first-order valence-electron chi connectivity index (χ1n) is 10.9. The number of halogens is 2. The lowest BCUT2D eigenvalue weighted by Gasteiger charge is -2.41. The van der Waals surface area contributed by atoms with Gasteiger partial charge in [-0.1, -0.05) is 12.1 Å². The highest BCUT2D eigenvalue weighted by Crippen LogP contribution is 2.44. The molecule has 1 aliphatic carbocycles. The maximum Gasteiger partial charge on any atom is 0.254 e. The van der Waals surface area contributed by atoms with E-state index in [4.69, 9.17) is 16.2 Å². The summed E-state index contributed by atoms with van der Waals surface area (Å²) in [7, 11) is 1.42. The van der Waals surface area contributed by atoms with Crippen molar-refractivity contribution < 1.29 is 23.4 Å². The van der Waals surface area contributed by atoms with E-state index in [1.54, 1.807) is 25.1 Å². The third kappa shape index (κ3) is 3.66. The third-order valence-electron chi connectivity index (χ3n) is 6.40. The molecule has 8 nitrogen and oxygen atoms in total. The Balaban J connectivity index is 1.72. The molecule has 35 heavy (non-hydrogen) atoms. The summed E-state index contributed by atoms with van der Waals surface area (Å²) >= 11 is 0. The normalized spacial score (nSPS) is 19.5. The Hall–Kier alpha value is -4.05. The summed E-state index contributed by atoms with van der Waals surface area (Å²) in [5, 5.41) is 14.9. The summed E-state index contributed by atoms with van der Waals surface area (Å²) in [5.74, 6) is -1.86. The molecular formula is C25H23F2N5O3. The highest BCUT2D eigenvalue weighted by atomic mass is 19.1. The number of nitrogen functional groups attached to an aromatic ring is 1. The summed E-state index contributed by atoms with van der Waals surface area (Å²) in [6, 6.07) is 10.3. The van der Waals surface area contributed by atoms with Gasteiger partial charge < -0.3 is 21.3 Å². The topological polar surface area (TPSA) is 129 Å². The van der Waals surface area contributed by atoms with Gasteiger partial charge in [0.25, 0.3) is 5.91 Å². The molecule has 180 valence electrons. The van der Waals surface area contributed by atoms with Gasteiger partial charge in [-0.2, -0.15) is 5.10 Å². The van der Waals surface area contributed by atoms with Crippen molar-refractivity contribution in [1.29, 1.82) is 0 Å². The monoisotopic (exact) mass is 479 g/mol. The molecule has 2 aromatic carbocycles. The third-order valence-corrected chi connectivity index (χ3v) is 6.40. The van der Waals surface area contributed by atoms with Gasteiger partial charge in [0.1, 0.15) is 34.2 Å². The smallest absolute Gasteiger partial charge is 0.254 e. The largest absolute Gasteiger partial charge is 0.496 e. The molecule has 0 aliphatic heterocycles. The second-order valence-corrected chi connectivity index (χ2v) is 8.99. The minimum atomic E-state index is -0.867. The van der Waals surface area contributed by atoms with Crippen molar-refractivity contribution in [2.24, 2.45) is 5.73 Å². The summed E-state index contributed by atoms with van der Waals surface area (Å²) in [6.45, 7) is 1.69. The number of hydrogen-bond acceptors (Lipinski definition) is 6. The summed E-state index contributed by atoms with van der Waals surface area (Å²) in [5.41, 5.74) is 11.0. The Morgan fingerprint density at radius 1 is 1.20 bits per heavy atom. The van der Waals surface area contributed by atoms with E-state index >= 15 is 4.39 Å². The zero-order chi connectivity index (χ0) is 25.1. The van der Waals surface area contributed by atoms with E-state index in [1.807, 2.05) is 0 Å². The molecule has 0 bridgehead atoms. The number of amides is 1. The number of ether oxygens (including phenoxy) is 1. The molecule has 4 aromatic rings. The second-order valence-electron chi connectivity index (χ2n) is 8.99. The van der Waals surface area contributed by atoms with Crippen LogP contribution in [-0.2, 0) is 0 Å². The Morgan fingerprint density at radius 3 is 2.54 bits per heavy atom. The average molecular weight is 479 g/mol. The average Bonchev–Trinajstić information content (AvgIpc) is 3.14. The maximum absolute atomic E-state index is 16.0. The van der Waals surface area contributed by atoms with Crippen molar-refractivity contribution >= 4 is 22.6 Å². The molecule has 0 radical (unpaired) electrons. The molecule has 2 heterocycles. The quantitative estimate of drug-likeness (QED) is 0.399. The number of methoxy groups -OCH3 is 1. The van der Waals surface area contributed by atoms with Crippen LogP contribution in [-0.4, -0.2) is 38.5 Å². The lowest BCUT2D eigenvalue weighted by atomic mass is 9.77. The number of nitrogens with two attached hydrogens (primary N) is 2. The van der Waals surface area contributed by atoms with E-state index in [9.17, 15) is 14.3 Å². The Kier molecular flexibility index (Phi) is 5.21. The predicted octanol–water partition coefficient (Wildman–Crippen LogP) is 3.82. The molecule has 1 saturated carbocycles. The number of benzene rings is 2. The lowest BCUT2D eigenvalue weighted by molar-refractivity contribution is -0.0535. The molecule has 5 rings (SSSR count). The summed E-state index contributed by atoms with van der Waals surface area (Å²) in [4.78, 5) is 16.7. The van der Waals surface area contributed by atoms with Gasteiger partial charge in [0.05, 0.1) is 24.4 Å². The molecule has 0 spiro atoms. The molecule has 5 N–H and O–H groups in total. The van der Waals surface area contributed by atoms with E-state index in [0.717, 1.165) is 0 Å². The number of anilines is 1. The molecule has 1 amide bonds. The Bertz CT molecular complexity index is 1490. The Morgan fingerprint density at radius 2 is 1.91 bits per heavy atom. The van der Waals surface area contributed by atoms with Crippen LogP contribution in [0.4, 0.5) is 14.6 Å². The fourth-order valence-corrected chi connectivity index (χ4v) is 4.67. The number of carbonyl (C=O) groups excluding carboxylic acids is 1. The summed E-state index contributed by atoms with van der Waals surface area (Å²) in [6.07, 6.45) is 0.753. The highest BCUT2D eigenvalue weighted by molar-refractivity contribution is 6.04. The number of primary amides is 1. The van der Waals surface area contributed by atoms with Crippen molar-refractivity contribution in [2.75, 3.05) is 12.8 Å². The van der Waals surface area contributed by atoms with Crippen LogP contribution < -0.4 is 16.2 Å². The number of fused-ring (bicyclic) bond motifs is 1. The fourth-order valence-electron chi connectivity index (χ4n) is 4.67. The first-order chi connectivity index (χ1) is 16.6. The van der Waals surface area contributed by atoms with Crippen molar-refractivity contribution in [3.8, 4) is 28.3 Å². The number of hydrogen-bond donors (Lipinski definition) is 3. The zero-order valence-electron chi connectivity index (χ0n) is 19.0. The van der Waals surface area contributed by atoms with Gasteiger partial charge in [0, 0.05) is 22.6 Å². The number of pyridine rings is 1. The first-order valence-corrected chi connectivity index (χ1v) is 10.9. The molecule has 2 aromatic heterocycles. The van der Waals surface area contributed by atoms with Crippen LogP contribution in [0, 0.1) is 11.6 Å². The van der Waals surface area contributed by atoms with Crippen molar-refractivity contribution in [2.45, 2.75) is 31.4 Å². The van der Waals surface area contributed by atoms with Crippen molar-refractivity contribution in [1.82, 2.24) is 14.8 Å². The van der Waals surface area contributed by atoms with E-state index in [-0.39, 0.29) is 45.5 Å². The van der Waals surface area contributed by atoms with E-state index < -0.39 is 23.1 Å². The standard InChI is InChI=1S/C25H23F2N5O3/c1-25(34)10-12(11-25)32-23(28)19(24(29)33)21(31-32)15-8-7-14-18(35-2)9-17(30-22(14)20(15)27)13-5-3-4-6-16(13)26/h3-9,12,34H,10-11,28H2,1-2H3,(H2,29,33)/t12-,25-. The number of carbonyl (C=O) groups is 1. The van der Waals surface area contributed by atoms with Gasteiger partial charge >= 0.3 is 0 Å². The minimum absolute atomic E-state index is 0.00172. The second kappa shape index (κ2) is 8.02. The van der Waals surface area contributed by atoms with Gasteiger partial charge in [0.2, 0.25) is 0 Å². The Labute approximate surface area is 199 Å². The van der Waals surface area contributed by atoms with E-state index in [2.05, 4.69) is 10.1 Å². The van der Waals surface area contributed by atoms with Crippen LogP contribution in [0.25, 0.3) is 33.4 Å². The minimum Gasteiger partial charge on any atom is -0.496 e. The number of aliphatic hydroxyl groups is 1. The summed E-state index contributed by atoms with van der Waals surface area (Å²) < 4.78 is 37.2. The van der Waals surface area contributed by atoms with Crippen LogP contribution in [0.15, 0.2) is 42.5 Å². The predicted molar refractivity (Wildman–Crippen MR) is 127 cm³/mol. The van der Waals surface area contributed by atoms with Gasteiger partial charge in [-0.25, -0.2) is 18.4 Å². The molecule has 10 heteroatoms. The number of rotatable bonds is 5. The van der Waals surface area contributed by atoms with Crippen LogP contribution in [0.5, 0.6) is 5.75 Å². The van der Waals surface area contributed by atoms with Gasteiger partial charge in [-0.05, 0) is 44.0 Å². The van der Waals surface area contributed by atoms with Crippen LogP contribution in [0.1, 0.15) is 36.2 Å². The van der Waals surface area contributed by atoms with E-state index in [1.165, 1.54) is 36.1 Å². The van der Waals surface area contributed by atoms with Crippen LogP contribution in [0.3, 0.4) is 0 Å². The van der Waals surface area contributed by atoms with Crippen molar-refractivity contribution in [3.63, 3.8) is 0 Å². The zero-order valence-corrected chi connectivity index (χ0v) is 19.0. The first kappa shape index (κ1) is 22.7. The van der Waals surface area contributed by atoms with Crippen molar-refractivity contribution in [3.05, 3.63) is 59.7 Å². The van der Waals surface area contributed by atoms with Gasteiger partial charge in [-0.3, -0.25) is 4.79 Å². The van der Waals surface area contributed by atoms with Gasteiger partial charge in [-0.15, -0.1) is 0 Å². The highest BCUT2D eigenvalue weighted by Gasteiger charge is 2.42. The van der Waals surface area contributed by atoms with Gasteiger partial charge in [0.15, 0.2) is 5.82 Å². The van der Waals surface area contributed by atoms with Crippen LogP contribution in [0.2, 0.25) is 0 Å². The maximum atomic E-state index is 16.0. The van der Waals surface area contributed by atoms with E-state index in [0.29, 0.717) is 24.0 Å². The molecule has 0 saturated heterocycles. The molecular weight excluding hydrogens is 456 g/mol.